The quantitative estimate of drug-likeness (QED) is 0.437. The highest BCUT2D eigenvalue weighted by Crippen LogP contribution is 2.69. The van der Waals surface area contributed by atoms with Crippen LogP contribution >= 0.6 is 11.8 Å². The van der Waals surface area contributed by atoms with Gasteiger partial charge in [0.25, 0.3) is 0 Å². The Morgan fingerprint density at radius 1 is 1.21 bits per heavy atom. The largest absolute Gasteiger partial charge is 0.494 e. The molecule has 8 nitrogen and oxygen atoms in total. The summed E-state index contributed by atoms with van der Waals surface area (Å²) in [5, 5.41) is 16.5. The molecule has 3 fully saturated rings. The van der Waals surface area contributed by atoms with Crippen molar-refractivity contribution in [2.45, 2.75) is 88.9 Å². The van der Waals surface area contributed by atoms with Crippen LogP contribution in [-0.2, 0) is 14.4 Å². The number of rotatable bonds is 9. The molecule has 3 aliphatic heterocycles. The van der Waals surface area contributed by atoms with Crippen molar-refractivity contribution >= 4 is 35.2 Å². The number of amides is 3. The van der Waals surface area contributed by atoms with E-state index >= 15 is 0 Å². The van der Waals surface area contributed by atoms with Gasteiger partial charge in [0.1, 0.15) is 11.8 Å². The predicted octanol–water partition coefficient (Wildman–Crippen LogP) is 3.68. The Morgan fingerprint density at radius 3 is 2.42 bits per heavy atom. The highest BCUT2D eigenvalue weighted by Gasteiger charge is 2.76. The number of hydrogen-bond acceptors (Lipinski definition) is 6. The highest BCUT2D eigenvalue weighted by molar-refractivity contribution is 8.02. The lowest BCUT2D eigenvalue weighted by Gasteiger charge is -2.41. The first kappa shape index (κ1) is 28.7. The summed E-state index contributed by atoms with van der Waals surface area (Å²) in [5.74, 6) is -0.743. The minimum atomic E-state index is -0.747. The second-order valence-corrected chi connectivity index (χ2v) is 14.0. The molecule has 3 saturated heterocycles. The van der Waals surface area contributed by atoms with Gasteiger partial charge in [-0.15, -0.1) is 11.8 Å². The van der Waals surface area contributed by atoms with Gasteiger partial charge in [0.05, 0.1) is 35.8 Å². The number of carbonyl (C=O) groups is 3. The van der Waals surface area contributed by atoms with Crippen LogP contribution in [-0.4, -0.2) is 68.6 Å². The number of fused-ring (bicyclic) bond motifs is 1. The van der Waals surface area contributed by atoms with Gasteiger partial charge >= 0.3 is 0 Å². The number of nitrogens with one attached hydrogen (secondary N) is 2. The van der Waals surface area contributed by atoms with E-state index in [1.165, 1.54) is 0 Å². The van der Waals surface area contributed by atoms with Gasteiger partial charge in [0.15, 0.2) is 0 Å². The summed E-state index contributed by atoms with van der Waals surface area (Å²) in [6.07, 6.45) is 1.34. The van der Waals surface area contributed by atoms with Crippen molar-refractivity contribution in [3.63, 3.8) is 0 Å². The lowest BCUT2D eigenvalue weighted by molar-refractivity contribution is -0.142. The lowest BCUT2D eigenvalue weighted by atomic mass is 9.65. The molecule has 1 spiro atoms. The number of thioether (sulfide) groups is 1. The van der Waals surface area contributed by atoms with Crippen molar-refractivity contribution in [1.29, 1.82) is 0 Å². The van der Waals surface area contributed by atoms with Gasteiger partial charge < -0.3 is 25.4 Å². The van der Waals surface area contributed by atoms with Crippen LogP contribution in [0.5, 0.6) is 5.75 Å². The van der Waals surface area contributed by atoms with Crippen molar-refractivity contribution < 1.29 is 24.2 Å². The summed E-state index contributed by atoms with van der Waals surface area (Å²) in [6.45, 7) is 14.2. The molecule has 0 radical (unpaired) electrons. The van der Waals surface area contributed by atoms with Gasteiger partial charge in [0, 0.05) is 16.5 Å². The fourth-order valence-corrected chi connectivity index (χ4v) is 9.15. The van der Waals surface area contributed by atoms with E-state index in [1.54, 1.807) is 28.8 Å². The fourth-order valence-electron chi connectivity index (χ4n) is 6.74. The maximum Gasteiger partial charge on any atom is 0.244 e. The van der Waals surface area contributed by atoms with Crippen LogP contribution in [0.3, 0.4) is 0 Å². The van der Waals surface area contributed by atoms with Crippen LogP contribution in [0.15, 0.2) is 24.3 Å². The zero-order valence-electron chi connectivity index (χ0n) is 23.6. The zero-order valence-corrected chi connectivity index (χ0v) is 24.4. The molecule has 1 aromatic rings. The highest BCUT2D eigenvalue weighted by atomic mass is 32.2. The number of hydrogen-bond donors (Lipinski definition) is 3. The Hall–Kier alpha value is -2.26. The normalized spacial score (nSPS) is 30.9. The van der Waals surface area contributed by atoms with E-state index in [1.807, 2.05) is 53.7 Å². The second kappa shape index (κ2) is 10.7. The number of aliphatic hydroxyl groups excluding tert-OH is 1. The number of carbonyl (C=O) groups excluding carboxylic acids is 3. The van der Waals surface area contributed by atoms with E-state index in [4.69, 9.17) is 4.74 Å². The van der Waals surface area contributed by atoms with Crippen LogP contribution in [0.25, 0.3) is 0 Å². The van der Waals surface area contributed by atoms with Gasteiger partial charge in [-0.1, -0.05) is 20.8 Å². The van der Waals surface area contributed by atoms with E-state index in [-0.39, 0.29) is 41.4 Å². The maximum absolute atomic E-state index is 14.3. The minimum Gasteiger partial charge on any atom is -0.494 e. The first-order chi connectivity index (χ1) is 17.8. The molecule has 3 heterocycles. The summed E-state index contributed by atoms with van der Waals surface area (Å²) in [7, 11) is 0. The Bertz CT molecular complexity index is 1060. The Labute approximate surface area is 230 Å². The Morgan fingerprint density at radius 2 is 1.87 bits per heavy atom. The summed E-state index contributed by atoms with van der Waals surface area (Å²) in [4.78, 5) is 43.6. The maximum atomic E-state index is 14.3. The molecule has 3 N–H and O–H groups in total. The SMILES string of the molecule is CCOc1ccc(NC(=O)[C@@H]2[C@H]3C(=O)N([C@@H](CO)CC(C)C)C(C(=O)NC(C)(C)C)C34S[C@@H]2CC4C)cc1. The van der Waals surface area contributed by atoms with E-state index in [0.29, 0.717) is 18.7 Å². The van der Waals surface area contributed by atoms with Gasteiger partial charge in [-0.25, -0.2) is 0 Å². The molecule has 0 aromatic heterocycles. The third kappa shape index (κ3) is 5.04. The first-order valence-electron chi connectivity index (χ1n) is 13.8. The number of ether oxygens (including phenoxy) is 1. The van der Waals surface area contributed by atoms with Crippen LogP contribution in [0, 0.1) is 23.7 Å². The number of aliphatic hydroxyl groups is 1. The number of likely N-dealkylation sites (tertiary alicyclic amines) is 1. The van der Waals surface area contributed by atoms with Crippen LogP contribution in [0.2, 0.25) is 0 Å². The van der Waals surface area contributed by atoms with Crippen molar-refractivity contribution in [3.8, 4) is 5.75 Å². The van der Waals surface area contributed by atoms with Crippen molar-refractivity contribution in [2.75, 3.05) is 18.5 Å². The summed E-state index contributed by atoms with van der Waals surface area (Å²) in [5.41, 5.74) is 0.160. The van der Waals surface area contributed by atoms with Crippen molar-refractivity contribution in [1.82, 2.24) is 10.2 Å². The van der Waals surface area contributed by atoms with E-state index in [2.05, 4.69) is 17.6 Å². The molecule has 0 aliphatic carbocycles. The monoisotopic (exact) mass is 545 g/mol. The van der Waals surface area contributed by atoms with Gasteiger partial charge in [-0.2, -0.15) is 0 Å². The zero-order chi connectivity index (χ0) is 28.0. The molecule has 4 rings (SSSR count). The summed E-state index contributed by atoms with van der Waals surface area (Å²) >= 11 is 1.64. The molecule has 3 aliphatic rings. The van der Waals surface area contributed by atoms with Gasteiger partial charge in [0.2, 0.25) is 17.7 Å². The molecular formula is C29H43N3O5S. The van der Waals surface area contributed by atoms with Crippen LogP contribution in [0.1, 0.15) is 61.3 Å². The van der Waals surface area contributed by atoms with Gasteiger partial charge in [-0.3, -0.25) is 14.4 Å². The van der Waals surface area contributed by atoms with E-state index in [0.717, 1.165) is 12.2 Å². The third-order valence-corrected chi connectivity index (χ3v) is 10.1. The number of benzene rings is 1. The minimum absolute atomic E-state index is 0.0496. The standard InChI is InChI=1S/C29H43N3O5S/c1-8-37-20-11-9-18(10-12-20)30-25(34)22-21-14-17(4)29(38-21)23(22)27(36)32(19(15-33)13-16(2)3)24(29)26(35)31-28(5,6)7/h9-12,16-17,19,21-24,33H,8,13-15H2,1-7H3,(H,30,34)(H,31,35)/t17?,19-,21-,22+,23+,24?,29?/m1/s1. The third-order valence-electron chi connectivity index (χ3n) is 8.01. The molecule has 9 heteroatoms. The van der Waals surface area contributed by atoms with E-state index in [9.17, 15) is 19.5 Å². The Kier molecular flexibility index (Phi) is 8.11. The Balaban J connectivity index is 1.70. The smallest absolute Gasteiger partial charge is 0.244 e. The lowest BCUT2D eigenvalue weighted by Crippen LogP contribution is -2.60. The molecule has 38 heavy (non-hydrogen) atoms. The molecule has 3 unspecified atom stereocenters. The summed E-state index contributed by atoms with van der Waals surface area (Å²) in [6, 6.07) is 5.99. The van der Waals surface area contributed by atoms with E-state index < -0.39 is 34.2 Å². The van der Waals surface area contributed by atoms with Crippen LogP contribution in [0.4, 0.5) is 5.69 Å². The summed E-state index contributed by atoms with van der Waals surface area (Å²) < 4.78 is 4.78. The molecule has 0 saturated carbocycles. The topological polar surface area (TPSA) is 108 Å². The molecular weight excluding hydrogens is 502 g/mol. The van der Waals surface area contributed by atoms with Crippen LogP contribution < -0.4 is 15.4 Å². The fraction of sp³-hybridized carbons (Fsp3) is 0.690. The predicted molar refractivity (Wildman–Crippen MR) is 150 cm³/mol. The number of nitrogens with zero attached hydrogens (tertiary/aromatic N) is 1. The average molecular weight is 546 g/mol. The molecule has 2 bridgehead atoms. The number of anilines is 1. The van der Waals surface area contributed by atoms with Crippen molar-refractivity contribution in [2.24, 2.45) is 23.7 Å². The average Bonchev–Trinajstić information content (AvgIpc) is 3.41. The van der Waals surface area contributed by atoms with Gasteiger partial charge in [-0.05, 0) is 76.6 Å². The second-order valence-electron chi connectivity index (χ2n) is 12.4. The molecule has 210 valence electrons. The first-order valence-corrected chi connectivity index (χ1v) is 14.7. The molecule has 7 atom stereocenters. The van der Waals surface area contributed by atoms with Crippen molar-refractivity contribution in [3.05, 3.63) is 24.3 Å². The molecule has 3 amide bonds. The molecule has 1 aromatic carbocycles.